The molecule has 5 rings (SSSR count). The van der Waals surface area contributed by atoms with E-state index in [1.54, 1.807) is 43.0 Å². The summed E-state index contributed by atoms with van der Waals surface area (Å²) in [6.07, 6.45) is 5.28. The van der Waals surface area contributed by atoms with Gasteiger partial charge >= 0.3 is 0 Å². The SMILES string of the molecule is COc1ccc(C(=O)CSc2nc3c(c(=O)n2C)C2(CCCC2)Cc2ccccc2-3)cc1. The van der Waals surface area contributed by atoms with Gasteiger partial charge in [-0.1, -0.05) is 48.9 Å². The van der Waals surface area contributed by atoms with Crippen LogP contribution in [0.2, 0.25) is 0 Å². The standard InChI is InChI=1S/C26H26N2O3S/c1-28-24(30)22-23(20-8-4-3-7-18(20)15-26(22)13-5-6-14-26)27-25(28)32-16-21(29)17-9-11-19(31-2)12-10-17/h3-4,7-12H,5-6,13-16H2,1-2H3. The summed E-state index contributed by atoms with van der Waals surface area (Å²) in [5.41, 5.74) is 4.57. The molecule has 0 radical (unpaired) electrons. The maximum absolute atomic E-state index is 13.6. The summed E-state index contributed by atoms with van der Waals surface area (Å²) < 4.78 is 6.80. The van der Waals surface area contributed by atoms with Gasteiger partial charge < -0.3 is 4.74 Å². The molecule has 2 aromatic carbocycles. The van der Waals surface area contributed by atoms with Gasteiger partial charge in [-0.2, -0.15) is 0 Å². The number of ether oxygens (including phenoxy) is 1. The minimum Gasteiger partial charge on any atom is -0.497 e. The van der Waals surface area contributed by atoms with Crippen LogP contribution in [0.25, 0.3) is 11.3 Å². The lowest BCUT2D eigenvalue weighted by Gasteiger charge is -2.36. The number of hydrogen-bond acceptors (Lipinski definition) is 5. The fourth-order valence-corrected chi connectivity index (χ4v) is 6.07. The fourth-order valence-electron chi connectivity index (χ4n) is 5.21. The van der Waals surface area contributed by atoms with E-state index in [1.807, 2.05) is 6.07 Å². The number of carbonyl (C=O) groups is 1. The summed E-state index contributed by atoms with van der Waals surface area (Å²) in [4.78, 5) is 31.3. The Hall–Kier alpha value is -2.86. The molecule has 3 aromatic rings. The van der Waals surface area contributed by atoms with Crippen LogP contribution in [-0.4, -0.2) is 28.2 Å². The second-order valence-corrected chi connectivity index (χ2v) is 9.69. The zero-order valence-electron chi connectivity index (χ0n) is 18.4. The van der Waals surface area contributed by atoms with E-state index in [4.69, 9.17) is 9.72 Å². The molecular weight excluding hydrogens is 420 g/mol. The molecule has 1 fully saturated rings. The predicted octanol–water partition coefficient (Wildman–Crippen LogP) is 4.80. The van der Waals surface area contributed by atoms with Crippen LogP contribution in [0.5, 0.6) is 5.75 Å². The lowest BCUT2D eigenvalue weighted by Crippen LogP contribution is -2.39. The van der Waals surface area contributed by atoms with Gasteiger partial charge in [0, 0.05) is 23.6 Å². The van der Waals surface area contributed by atoms with E-state index >= 15 is 0 Å². The lowest BCUT2D eigenvalue weighted by molar-refractivity contribution is 0.102. The van der Waals surface area contributed by atoms with E-state index in [0.29, 0.717) is 16.5 Å². The molecule has 0 amide bonds. The summed E-state index contributed by atoms with van der Waals surface area (Å²) in [6, 6.07) is 15.4. The second-order valence-electron chi connectivity index (χ2n) is 8.74. The molecule has 1 spiro atoms. The lowest BCUT2D eigenvalue weighted by atomic mass is 9.68. The van der Waals surface area contributed by atoms with Gasteiger partial charge in [0.25, 0.3) is 5.56 Å². The highest BCUT2D eigenvalue weighted by atomic mass is 32.2. The highest BCUT2D eigenvalue weighted by Crippen LogP contribution is 2.49. The minimum atomic E-state index is -0.104. The maximum Gasteiger partial charge on any atom is 0.258 e. The number of carbonyl (C=O) groups excluding carboxylic acids is 1. The Morgan fingerprint density at radius 2 is 1.84 bits per heavy atom. The number of methoxy groups -OCH3 is 1. The average molecular weight is 447 g/mol. The molecule has 0 aliphatic heterocycles. The molecule has 32 heavy (non-hydrogen) atoms. The topological polar surface area (TPSA) is 61.2 Å². The molecule has 2 aliphatic carbocycles. The van der Waals surface area contributed by atoms with Gasteiger partial charge in [-0.05, 0) is 49.1 Å². The molecule has 0 bridgehead atoms. The number of fused-ring (bicyclic) bond motifs is 4. The molecule has 5 nitrogen and oxygen atoms in total. The van der Waals surface area contributed by atoms with Crippen LogP contribution in [0.4, 0.5) is 0 Å². The van der Waals surface area contributed by atoms with Crippen molar-refractivity contribution in [2.24, 2.45) is 7.05 Å². The van der Waals surface area contributed by atoms with Crippen molar-refractivity contribution in [3.8, 4) is 17.0 Å². The molecule has 1 aromatic heterocycles. The second kappa shape index (κ2) is 8.24. The molecule has 0 unspecified atom stereocenters. The van der Waals surface area contributed by atoms with Crippen molar-refractivity contribution in [1.82, 2.24) is 9.55 Å². The summed E-state index contributed by atoms with van der Waals surface area (Å²) in [5, 5.41) is 0.584. The van der Waals surface area contributed by atoms with Crippen LogP contribution in [0.1, 0.15) is 47.2 Å². The van der Waals surface area contributed by atoms with Crippen molar-refractivity contribution >= 4 is 17.5 Å². The van der Waals surface area contributed by atoms with Gasteiger partial charge in [0.05, 0.1) is 24.1 Å². The molecule has 2 aliphatic rings. The van der Waals surface area contributed by atoms with Crippen LogP contribution in [0.15, 0.2) is 58.5 Å². The molecule has 164 valence electrons. The molecule has 0 saturated heterocycles. The van der Waals surface area contributed by atoms with Crippen LogP contribution in [-0.2, 0) is 18.9 Å². The first-order valence-corrected chi connectivity index (χ1v) is 12.0. The normalized spacial score (nSPS) is 15.9. The van der Waals surface area contributed by atoms with E-state index in [1.165, 1.54) is 17.3 Å². The van der Waals surface area contributed by atoms with Crippen molar-refractivity contribution in [3.05, 3.63) is 75.6 Å². The van der Waals surface area contributed by atoms with Crippen molar-refractivity contribution in [2.75, 3.05) is 12.9 Å². The van der Waals surface area contributed by atoms with Crippen LogP contribution in [0, 0.1) is 0 Å². The highest BCUT2D eigenvalue weighted by Gasteiger charge is 2.44. The minimum absolute atomic E-state index is 0.00251. The van der Waals surface area contributed by atoms with Crippen molar-refractivity contribution < 1.29 is 9.53 Å². The predicted molar refractivity (Wildman–Crippen MR) is 127 cm³/mol. The van der Waals surface area contributed by atoms with Crippen LogP contribution in [0.3, 0.4) is 0 Å². The molecule has 0 N–H and O–H groups in total. The molecule has 1 saturated carbocycles. The molecule has 1 heterocycles. The van der Waals surface area contributed by atoms with Gasteiger partial charge in [0.2, 0.25) is 0 Å². The third-order valence-electron chi connectivity index (χ3n) is 6.89. The Labute approximate surface area is 191 Å². The number of Topliss-reactive ketones (excluding diaryl/α,β-unsaturated/α-hetero) is 1. The first-order chi connectivity index (χ1) is 15.5. The molecular formula is C26H26N2O3S. The van der Waals surface area contributed by atoms with Crippen molar-refractivity contribution in [3.63, 3.8) is 0 Å². The first kappa shape index (κ1) is 21.0. The van der Waals surface area contributed by atoms with Gasteiger partial charge in [0.15, 0.2) is 10.9 Å². The zero-order valence-corrected chi connectivity index (χ0v) is 19.2. The number of rotatable bonds is 5. The Kier molecular flexibility index (Phi) is 5.41. The average Bonchev–Trinajstić information content (AvgIpc) is 3.28. The Bertz CT molecular complexity index is 1240. The Morgan fingerprint density at radius 1 is 1.12 bits per heavy atom. The number of aromatic nitrogens is 2. The largest absolute Gasteiger partial charge is 0.497 e. The smallest absolute Gasteiger partial charge is 0.258 e. The van der Waals surface area contributed by atoms with E-state index in [-0.39, 0.29) is 22.5 Å². The number of nitrogens with zero attached hydrogens (tertiary/aromatic N) is 2. The first-order valence-electron chi connectivity index (χ1n) is 11.0. The summed E-state index contributed by atoms with van der Waals surface area (Å²) in [5.74, 6) is 0.933. The third kappa shape index (κ3) is 3.47. The third-order valence-corrected chi connectivity index (χ3v) is 7.92. The van der Waals surface area contributed by atoms with Gasteiger partial charge in [-0.3, -0.25) is 14.2 Å². The zero-order chi connectivity index (χ0) is 22.3. The number of benzene rings is 2. The van der Waals surface area contributed by atoms with Gasteiger partial charge in [0.1, 0.15) is 5.75 Å². The van der Waals surface area contributed by atoms with Crippen molar-refractivity contribution in [1.29, 1.82) is 0 Å². The Morgan fingerprint density at radius 3 is 2.56 bits per heavy atom. The Balaban J connectivity index is 1.51. The molecule has 6 heteroatoms. The van der Waals surface area contributed by atoms with E-state index < -0.39 is 0 Å². The van der Waals surface area contributed by atoms with E-state index in [2.05, 4.69) is 18.2 Å². The molecule has 0 atom stereocenters. The number of hydrogen-bond donors (Lipinski definition) is 0. The van der Waals surface area contributed by atoms with Crippen LogP contribution >= 0.6 is 11.8 Å². The van der Waals surface area contributed by atoms with E-state index in [0.717, 1.165) is 48.9 Å². The quantitative estimate of drug-likeness (QED) is 0.320. The monoisotopic (exact) mass is 446 g/mol. The summed E-state index contributed by atoms with van der Waals surface area (Å²) in [6.45, 7) is 0. The number of ketones is 1. The van der Waals surface area contributed by atoms with Crippen molar-refractivity contribution in [2.45, 2.75) is 42.7 Å². The maximum atomic E-state index is 13.6. The van der Waals surface area contributed by atoms with Gasteiger partial charge in [-0.15, -0.1) is 0 Å². The fraction of sp³-hybridized carbons (Fsp3) is 0.346. The summed E-state index contributed by atoms with van der Waals surface area (Å²) >= 11 is 1.32. The highest BCUT2D eigenvalue weighted by molar-refractivity contribution is 7.99. The van der Waals surface area contributed by atoms with E-state index in [9.17, 15) is 9.59 Å². The van der Waals surface area contributed by atoms with Crippen LogP contribution < -0.4 is 10.3 Å². The summed E-state index contributed by atoms with van der Waals surface area (Å²) in [7, 11) is 3.38. The van der Waals surface area contributed by atoms with Gasteiger partial charge in [-0.25, -0.2) is 4.98 Å². The number of thioether (sulfide) groups is 1.